The molecule has 17 heavy (non-hydrogen) atoms. The maximum absolute atomic E-state index is 11.8. The lowest BCUT2D eigenvalue weighted by Crippen LogP contribution is -2.14. The summed E-state index contributed by atoms with van der Waals surface area (Å²) >= 11 is 0. The van der Waals surface area contributed by atoms with E-state index in [1.165, 1.54) is 4.52 Å². The van der Waals surface area contributed by atoms with E-state index in [1.54, 1.807) is 18.3 Å². The summed E-state index contributed by atoms with van der Waals surface area (Å²) in [4.78, 5) is 16.3. The minimum Gasteiger partial charge on any atom is -0.297 e. The standard InChI is InChI=1S/C13H11N3O.H2/c1-9-4-2-3-5-10(9)11-8-13(17)16-12(15-11)6-7-14-16;/h2-8,14H,1H3;1H. The number of fused-ring (bicyclic) bond motifs is 1. The van der Waals surface area contributed by atoms with E-state index < -0.39 is 0 Å². The lowest BCUT2D eigenvalue weighted by atomic mass is 10.1. The van der Waals surface area contributed by atoms with Crippen LogP contribution in [-0.4, -0.2) is 14.6 Å². The van der Waals surface area contributed by atoms with Crippen molar-refractivity contribution in [2.24, 2.45) is 0 Å². The molecule has 4 nitrogen and oxygen atoms in total. The Morgan fingerprint density at radius 1 is 1.29 bits per heavy atom. The van der Waals surface area contributed by atoms with Gasteiger partial charge in [-0.25, -0.2) is 9.50 Å². The van der Waals surface area contributed by atoms with E-state index >= 15 is 0 Å². The molecule has 0 aliphatic heterocycles. The van der Waals surface area contributed by atoms with Crippen LogP contribution in [0.15, 0.2) is 47.4 Å². The van der Waals surface area contributed by atoms with E-state index in [1.807, 2.05) is 31.2 Å². The number of aromatic amines is 1. The summed E-state index contributed by atoms with van der Waals surface area (Å²) in [6.45, 7) is 2.01. The third kappa shape index (κ3) is 1.54. The van der Waals surface area contributed by atoms with E-state index in [4.69, 9.17) is 0 Å². The first kappa shape index (κ1) is 9.84. The number of nitrogens with zero attached hydrogens (tertiary/aromatic N) is 2. The van der Waals surface area contributed by atoms with Gasteiger partial charge in [0.1, 0.15) is 0 Å². The van der Waals surface area contributed by atoms with Crippen molar-refractivity contribution < 1.29 is 1.43 Å². The fourth-order valence-corrected chi connectivity index (χ4v) is 1.93. The van der Waals surface area contributed by atoms with Crippen molar-refractivity contribution in [3.63, 3.8) is 0 Å². The minimum absolute atomic E-state index is 0. The lowest BCUT2D eigenvalue weighted by molar-refractivity contribution is 0.901. The van der Waals surface area contributed by atoms with Gasteiger partial charge in [0.2, 0.25) is 0 Å². The molecule has 0 bridgehead atoms. The predicted octanol–water partition coefficient (Wildman–Crippen LogP) is 2.24. The number of H-pyrrole nitrogens is 1. The Kier molecular flexibility index (Phi) is 2.08. The molecule has 0 saturated heterocycles. The van der Waals surface area contributed by atoms with Crippen LogP contribution < -0.4 is 5.56 Å². The Bertz CT molecular complexity index is 745. The van der Waals surface area contributed by atoms with Crippen LogP contribution in [0.4, 0.5) is 0 Å². The van der Waals surface area contributed by atoms with Gasteiger partial charge in [0, 0.05) is 25.3 Å². The van der Waals surface area contributed by atoms with Gasteiger partial charge in [-0.3, -0.25) is 9.89 Å². The first-order chi connectivity index (χ1) is 8.25. The monoisotopic (exact) mass is 227 g/mol. The van der Waals surface area contributed by atoms with Crippen molar-refractivity contribution in [3.8, 4) is 11.3 Å². The second-order valence-electron chi connectivity index (χ2n) is 3.95. The van der Waals surface area contributed by atoms with E-state index in [2.05, 4.69) is 10.1 Å². The molecule has 0 fully saturated rings. The smallest absolute Gasteiger partial charge is 0.273 e. The molecule has 0 aliphatic carbocycles. The van der Waals surface area contributed by atoms with Gasteiger partial charge in [0.05, 0.1) is 5.69 Å². The zero-order valence-corrected chi connectivity index (χ0v) is 9.34. The van der Waals surface area contributed by atoms with E-state index in [0.29, 0.717) is 11.3 Å². The number of hydrogen-bond acceptors (Lipinski definition) is 2. The maximum Gasteiger partial charge on any atom is 0.273 e. The molecule has 4 heteroatoms. The SMILES string of the molecule is Cc1ccccc1-c1cc(=O)n2[nH]ccc2n1.[HH]. The number of hydrogen-bond donors (Lipinski definition) is 1. The van der Waals surface area contributed by atoms with Crippen LogP contribution >= 0.6 is 0 Å². The predicted molar refractivity (Wildman–Crippen MR) is 68.1 cm³/mol. The Hall–Kier alpha value is -2.36. The fourth-order valence-electron chi connectivity index (χ4n) is 1.93. The van der Waals surface area contributed by atoms with Crippen LogP contribution in [0.2, 0.25) is 0 Å². The van der Waals surface area contributed by atoms with Crippen molar-refractivity contribution >= 4 is 5.65 Å². The normalized spacial score (nSPS) is 10.9. The van der Waals surface area contributed by atoms with E-state index in [9.17, 15) is 4.79 Å². The van der Waals surface area contributed by atoms with E-state index in [0.717, 1.165) is 11.1 Å². The van der Waals surface area contributed by atoms with Gasteiger partial charge in [0.25, 0.3) is 5.56 Å². The zero-order valence-electron chi connectivity index (χ0n) is 9.34. The third-order valence-electron chi connectivity index (χ3n) is 2.80. The fraction of sp³-hybridized carbons (Fsp3) is 0.0769. The topological polar surface area (TPSA) is 50.2 Å². The van der Waals surface area contributed by atoms with Crippen molar-refractivity contribution in [1.82, 2.24) is 14.6 Å². The van der Waals surface area contributed by atoms with Crippen LogP contribution in [0.25, 0.3) is 16.9 Å². The molecular weight excluding hydrogens is 214 g/mol. The van der Waals surface area contributed by atoms with Gasteiger partial charge in [-0.2, -0.15) is 0 Å². The Labute approximate surface area is 99.0 Å². The summed E-state index contributed by atoms with van der Waals surface area (Å²) < 4.78 is 1.42. The van der Waals surface area contributed by atoms with Crippen LogP contribution in [0, 0.1) is 6.92 Å². The second-order valence-corrected chi connectivity index (χ2v) is 3.95. The van der Waals surface area contributed by atoms with Crippen LogP contribution in [0.3, 0.4) is 0 Å². The van der Waals surface area contributed by atoms with E-state index in [-0.39, 0.29) is 6.99 Å². The molecule has 1 N–H and O–H groups in total. The molecule has 0 atom stereocenters. The molecule has 0 aliphatic rings. The van der Waals surface area contributed by atoms with Gasteiger partial charge in [-0.15, -0.1) is 0 Å². The summed E-state index contributed by atoms with van der Waals surface area (Å²) in [5, 5.41) is 2.82. The van der Waals surface area contributed by atoms with Crippen molar-refractivity contribution in [2.45, 2.75) is 6.92 Å². The van der Waals surface area contributed by atoms with Gasteiger partial charge in [-0.05, 0) is 12.5 Å². The van der Waals surface area contributed by atoms with Crippen molar-refractivity contribution in [1.29, 1.82) is 0 Å². The van der Waals surface area contributed by atoms with Crippen molar-refractivity contribution in [2.75, 3.05) is 0 Å². The quantitative estimate of drug-likeness (QED) is 0.693. The van der Waals surface area contributed by atoms with Crippen LogP contribution in [-0.2, 0) is 0 Å². The summed E-state index contributed by atoms with van der Waals surface area (Å²) in [6, 6.07) is 11.2. The van der Waals surface area contributed by atoms with Gasteiger partial charge < -0.3 is 0 Å². The number of benzene rings is 1. The molecular formula is C13H13N3O. The number of nitrogens with one attached hydrogen (secondary N) is 1. The Morgan fingerprint density at radius 2 is 2.12 bits per heavy atom. The largest absolute Gasteiger partial charge is 0.297 e. The Morgan fingerprint density at radius 3 is 2.94 bits per heavy atom. The lowest BCUT2D eigenvalue weighted by Gasteiger charge is -2.04. The molecule has 0 amide bonds. The van der Waals surface area contributed by atoms with Gasteiger partial charge >= 0.3 is 0 Å². The molecule has 86 valence electrons. The number of rotatable bonds is 1. The van der Waals surface area contributed by atoms with Gasteiger partial charge in [-0.1, -0.05) is 24.3 Å². The summed E-state index contributed by atoms with van der Waals surface area (Å²) in [5.41, 5.74) is 3.36. The zero-order chi connectivity index (χ0) is 11.8. The molecule has 0 spiro atoms. The third-order valence-corrected chi connectivity index (χ3v) is 2.80. The summed E-state index contributed by atoms with van der Waals surface area (Å²) in [5.74, 6) is 0. The Balaban J connectivity index is 0.00000120. The second kappa shape index (κ2) is 3.59. The highest BCUT2D eigenvalue weighted by Crippen LogP contribution is 2.19. The highest BCUT2D eigenvalue weighted by molar-refractivity contribution is 5.64. The molecule has 2 aromatic heterocycles. The van der Waals surface area contributed by atoms with Gasteiger partial charge in [0.15, 0.2) is 5.65 Å². The van der Waals surface area contributed by atoms with Crippen LogP contribution in [0.5, 0.6) is 0 Å². The summed E-state index contributed by atoms with van der Waals surface area (Å²) in [6.07, 6.45) is 1.70. The molecule has 3 rings (SSSR count). The van der Waals surface area contributed by atoms with Crippen LogP contribution in [0.1, 0.15) is 6.99 Å². The molecule has 2 heterocycles. The average Bonchev–Trinajstić information content (AvgIpc) is 2.78. The number of aryl methyl sites for hydroxylation is 1. The first-order valence-corrected chi connectivity index (χ1v) is 5.39. The first-order valence-electron chi connectivity index (χ1n) is 5.39. The highest BCUT2D eigenvalue weighted by Gasteiger charge is 2.06. The highest BCUT2D eigenvalue weighted by atomic mass is 16.1. The summed E-state index contributed by atoms with van der Waals surface area (Å²) in [7, 11) is 0. The molecule has 0 unspecified atom stereocenters. The average molecular weight is 227 g/mol. The molecule has 0 saturated carbocycles. The number of aromatic nitrogens is 3. The minimum atomic E-state index is -0.0988. The maximum atomic E-state index is 11.8. The molecule has 1 aromatic carbocycles. The molecule has 3 aromatic rings. The van der Waals surface area contributed by atoms with Crippen molar-refractivity contribution in [3.05, 3.63) is 58.5 Å². The molecule has 0 radical (unpaired) electrons.